The molecule has 2 amide bonds. The summed E-state index contributed by atoms with van der Waals surface area (Å²) >= 11 is 1.07. The molecule has 36 heavy (non-hydrogen) atoms. The molecule has 0 spiro atoms. The van der Waals surface area contributed by atoms with E-state index in [9.17, 15) is 18.0 Å². The number of fused-ring (bicyclic) bond motifs is 1. The minimum absolute atomic E-state index is 0.0412. The molecule has 0 bridgehead atoms. The Labute approximate surface area is 209 Å². The van der Waals surface area contributed by atoms with E-state index in [4.69, 9.17) is 5.73 Å². The van der Waals surface area contributed by atoms with Crippen molar-refractivity contribution in [1.82, 2.24) is 15.2 Å². The van der Waals surface area contributed by atoms with Crippen LogP contribution in [0.25, 0.3) is 22.0 Å². The third kappa shape index (κ3) is 4.42. The van der Waals surface area contributed by atoms with E-state index in [1.54, 1.807) is 60.0 Å². The van der Waals surface area contributed by atoms with Gasteiger partial charge in [0.15, 0.2) is 5.69 Å². The van der Waals surface area contributed by atoms with E-state index in [0.717, 1.165) is 11.3 Å². The van der Waals surface area contributed by atoms with Crippen molar-refractivity contribution in [3.05, 3.63) is 88.9 Å². The molecule has 3 heterocycles. The average Bonchev–Trinajstić information content (AvgIpc) is 3.49. The summed E-state index contributed by atoms with van der Waals surface area (Å²) < 4.78 is 29.0. The van der Waals surface area contributed by atoms with E-state index in [0.29, 0.717) is 27.8 Å². The second-order valence-corrected chi connectivity index (χ2v) is 10.2. The number of carbonyl (C=O) groups excluding carboxylic acids is 2. The molecule has 0 unspecified atom stereocenters. The highest BCUT2D eigenvalue weighted by molar-refractivity contribution is 7.92. The number of carbonyl (C=O) groups is 2. The van der Waals surface area contributed by atoms with E-state index < -0.39 is 21.8 Å². The van der Waals surface area contributed by atoms with Crippen LogP contribution < -0.4 is 15.8 Å². The lowest BCUT2D eigenvalue weighted by atomic mass is 10.0. The summed E-state index contributed by atoms with van der Waals surface area (Å²) in [6.07, 6.45) is 1.53. The Morgan fingerprint density at radius 1 is 1.00 bits per heavy atom. The number of hydrogen-bond acceptors (Lipinski definition) is 7. The quantitative estimate of drug-likeness (QED) is 0.256. The van der Waals surface area contributed by atoms with Gasteiger partial charge in [-0.1, -0.05) is 30.3 Å². The van der Waals surface area contributed by atoms with Crippen molar-refractivity contribution in [2.45, 2.75) is 4.90 Å². The molecular formula is C24H18N6O4S2. The van der Waals surface area contributed by atoms with E-state index in [-0.39, 0.29) is 21.2 Å². The molecule has 0 radical (unpaired) electrons. The third-order valence-corrected chi connectivity index (χ3v) is 7.65. The standard InChI is InChI=1S/C24H18N6O4S2/c25-23(31)21-16-12-14(9-10-18(16)28-29-21)17-13-35-22(24(32)27-19-8-4-5-11-26-19)20(17)30-36(33,34)15-6-2-1-3-7-15/h1-13,30H,(H2,25,31)(H,28,29)(H,26,27,32). The smallest absolute Gasteiger partial charge is 0.269 e. The molecule has 0 aliphatic carbocycles. The van der Waals surface area contributed by atoms with Crippen LogP contribution in [0.5, 0.6) is 0 Å². The minimum Gasteiger partial charge on any atom is -0.364 e. The van der Waals surface area contributed by atoms with Gasteiger partial charge in [-0.25, -0.2) is 13.4 Å². The number of thiophene rings is 1. The first-order valence-electron chi connectivity index (χ1n) is 10.5. The van der Waals surface area contributed by atoms with E-state index >= 15 is 0 Å². The van der Waals surface area contributed by atoms with Gasteiger partial charge in [-0.15, -0.1) is 11.3 Å². The van der Waals surface area contributed by atoms with Crippen molar-refractivity contribution in [3.63, 3.8) is 0 Å². The van der Waals surface area contributed by atoms with E-state index in [1.807, 2.05) is 0 Å². The number of nitrogens with one attached hydrogen (secondary N) is 3. The highest BCUT2D eigenvalue weighted by atomic mass is 32.2. The van der Waals surface area contributed by atoms with Crippen LogP contribution in [0.1, 0.15) is 20.2 Å². The number of amides is 2. The van der Waals surface area contributed by atoms with Crippen LogP contribution in [-0.4, -0.2) is 35.4 Å². The second-order valence-electron chi connectivity index (χ2n) is 7.64. The minimum atomic E-state index is -4.03. The molecule has 0 saturated carbocycles. The first-order chi connectivity index (χ1) is 17.3. The van der Waals surface area contributed by atoms with Crippen LogP contribution in [0.2, 0.25) is 0 Å². The normalized spacial score (nSPS) is 11.3. The lowest BCUT2D eigenvalue weighted by Gasteiger charge is -2.12. The van der Waals surface area contributed by atoms with Crippen molar-refractivity contribution in [3.8, 4) is 11.1 Å². The molecule has 12 heteroatoms. The fourth-order valence-electron chi connectivity index (χ4n) is 3.61. The number of benzene rings is 2. The van der Waals surface area contributed by atoms with E-state index in [2.05, 4.69) is 25.2 Å². The third-order valence-electron chi connectivity index (χ3n) is 5.30. The van der Waals surface area contributed by atoms with Gasteiger partial charge < -0.3 is 11.1 Å². The number of nitrogens with zero attached hydrogens (tertiary/aromatic N) is 2. The maximum absolute atomic E-state index is 13.2. The number of anilines is 2. The Hall–Kier alpha value is -4.55. The first kappa shape index (κ1) is 23.2. The van der Waals surface area contributed by atoms with Gasteiger partial charge >= 0.3 is 0 Å². The predicted octanol–water partition coefficient (Wildman–Crippen LogP) is 3.84. The Balaban J connectivity index is 1.62. The van der Waals surface area contributed by atoms with Gasteiger partial charge in [-0.3, -0.25) is 19.4 Å². The Kier molecular flexibility index (Phi) is 5.96. The fraction of sp³-hybridized carbons (Fsp3) is 0. The van der Waals surface area contributed by atoms with Crippen LogP contribution >= 0.6 is 11.3 Å². The van der Waals surface area contributed by atoms with Gasteiger partial charge in [0.05, 0.1) is 16.1 Å². The number of primary amides is 1. The van der Waals surface area contributed by atoms with Crippen molar-refractivity contribution < 1.29 is 18.0 Å². The number of aromatic nitrogens is 3. The van der Waals surface area contributed by atoms with Crippen LogP contribution in [0.4, 0.5) is 11.5 Å². The topological polar surface area (TPSA) is 160 Å². The zero-order valence-electron chi connectivity index (χ0n) is 18.4. The molecule has 3 aromatic heterocycles. The molecule has 2 aromatic carbocycles. The monoisotopic (exact) mass is 518 g/mol. The van der Waals surface area contributed by atoms with Gasteiger partial charge in [0.2, 0.25) is 0 Å². The van der Waals surface area contributed by atoms with Gasteiger partial charge in [-0.05, 0) is 42.0 Å². The van der Waals surface area contributed by atoms with Gasteiger partial charge in [-0.2, -0.15) is 5.10 Å². The molecule has 0 fully saturated rings. The number of nitrogens with two attached hydrogens (primary N) is 1. The summed E-state index contributed by atoms with van der Waals surface area (Å²) in [6.45, 7) is 0. The lowest BCUT2D eigenvalue weighted by molar-refractivity contribution is 0.0995. The zero-order valence-corrected chi connectivity index (χ0v) is 20.1. The van der Waals surface area contributed by atoms with Crippen LogP contribution in [-0.2, 0) is 10.0 Å². The van der Waals surface area contributed by atoms with Gasteiger partial charge in [0.1, 0.15) is 10.7 Å². The molecular weight excluding hydrogens is 500 g/mol. The lowest BCUT2D eigenvalue weighted by Crippen LogP contribution is -2.18. The highest BCUT2D eigenvalue weighted by Gasteiger charge is 2.25. The summed E-state index contributed by atoms with van der Waals surface area (Å²) in [4.78, 5) is 29.2. The maximum Gasteiger partial charge on any atom is 0.269 e. The molecule has 0 aliphatic rings. The van der Waals surface area contributed by atoms with Gasteiger partial charge in [0.25, 0.3) is 21.8 Å². The second kappa shape index (κ2) is 9.24. The molecule has 5 aromatic rings. The molecule has 0 saturated heterocycles. The summed E-state index contributed by atoms with van der Waals surface area (Å²) in [5.41, 5.74) is 7.19. The number of hydrogen-bond donors (Lipinski definition) is 4. The number of pyridine rings is 1. The molecule has 180 valence electrons. The molecule has 0 aliphatic heterocycles. The van der Waals surface area contributed by atoms with Crippen molar-refractivity contribution in [2.24, 2.45) is 5.73 Å². The fourth-order valence-corrected chi connectivity index (χ4v) is 5.72. The molecule has 10 nitrogen and oxygen atoms in total. The number of sulfonamides is 1. The average molecular weight is 519 g/mol. The van der Waals surface area contributed by atoms with Crippen molar-refractivity contribution in [1.29, 1.82) is 0 Å². The maximum atomic E-state index is 13.2. The Bertz CT molecular complexity index is 1700. The Morgan fingerprint density at radius 3 is 2.50 bits per heavy atom. The number of H-pyrrole nitrogens is 1. The van der Waals surface area contributed by atoms with E-state index in [1.165, 1.54) is 18.3 Å². The SMILES string of the molecule is NC(=O)c1n[nH]c2ccc(-c3csc(C(=O)Nc4ccccn4)c3NS(=O)(=O)c3ccccc3)cc12. The molecule has 0 atom stereocenters. The zero-order chi connectivity index (χ0) is 25.3. The van der Waals surface area contributed by atoms with Crippen LogP contribution in [0.15, 0.2) is 83.2 Å². The predicted molar refractivity (Wildman–Crippen MR) is 137 cm³/mol. The summed E-state index contributed by atoms with van der Waals surface area (Å²) in [5, 5.41) is 11.5. The Morgan fingerprint density at radius 2 is 1.78 bits per heavy atom. The van der Waals surface area contributed by atoms with Crippen LogP contribution in [0, 0.1) is 0 Å². The van der Waals surface area contributed by atoms with Gasteiger partial charge in [0, 0.05) is 22.5 Å². The largest absolute Gasteiger partial charge is 0.364 e. The van der Waals surface area contributed by atoms with Crippen molar-refractivity contribution in [2.75, 3.05) is 10.0 Å². The number of aromatic amines is 1. The summed E-state index contributed by atoms with van der Waals surface area (Å²) in [6, 6.07) is 18.0. The van der Waals surface area contributed by atoms with Crippen molar-refractivity contribution >= 4 is 55.6 Å². The van der Waals surface area contributed by atoms with Crippen LogP contribution in [0.3, 0.4) is 0 Å². The molecule has 5 rings (SSSR count). The first-order valence-corrected chi connectivity index (χ1v) is 12.9. The number of rotatable bonds is 7. The highest BCUT2D eigenvalue weighted by Crippen LogP contribution is 2.39. The molecule has 5 N–H and O–H groups in total. The summed E-state index contributed by atoms with van der Waals surface area (Å²) in [7, 11) is -4.03. The summed E-state index contributed by atoms with van der Waals surface area (Å²) in [5.74, 6) is -0.915.